The van der Waals surface area contributed by atoms with E-state index in [1.165, 1.54) is 0 Å². The molecule has 2 fully saturated rings. The van der Waals surface area contributed by atoms with Gasteiger partial charge in [-0.1, -0.05) is 0 Å². The molecule has 39 heavy (non-hydrogen) atoms. The number of hydrogen-bond acceptors (Lipinski definition) is 17. The minimum Gasteiger partial charge on any atom is -0.394 e. The molecule has 0 bridgehead atoms. The van der Waals surface area contributed by atoms with Crippen molar-refractivity contribution < 1.29 is 72.4 Å². The normalized spacial score (nSPS) is 36.6. The smallest absolute Gasteiger partial charge is 0.394 e. The summed E-state index contributed by atoms with van der Waals surface area (Å²) < 4.78 is 49.1. The summed E-state index contributed by atoms with van der Waals surface area (Å²) in [5, 5.41) is 59.2. The first kappa shape index (κ1) is 30.1. The van der Waals surface area contributed by atoms with Gasteiger partial charge in [0, 0.05) is 0 Å². The number of nitrogens with two attached hydrogens (primary N) is 1. The van der Waals surface area contributed by atoms with E-state index < -0.39 is 89.7 Å². The molecule has 23 heteroatoms. The molecule has 2 saturated heterocycles. The summed E-state index contributed by atoms with van der Waals surface area (Å²) >= 11 is 0. The number of ether oxygens (including phenoxy) is 2. The highest BCUT2D eigenvalue weighted by atomic mass is 31.3. The van der Waals surface area contributed by atoms with Crippen LogP contribution in [0.25, 0.3) is 11.2 Å². The van der Waals surface area contributed by atoms with Crippen LogP contribution in [0.3, 0.4) is 0 Å². The summed E-state index contributed by atoms with van der Waals surface area (Å²) in [6, 6.07) is 0. The number of rotatable bonds is 9. The summed E-state index contributed by atoms with van der Waals surface area (Å²) in [4.78, 5) is 41.7. The molecule has 0 aromatic carbocycles. The van der Waals surface area contributed by atoms with Gasteiger partial charge in [0.15, 0.2) is 23.7 Å². The van der Waals surface area contributed by atoms with Crippen LogP contribution in [0.2, 0.25) is 0 Å². The zero-order chi connectivity index (χ0) is 28.9. The number of phosphoric ester groups is 2. The van der Waals surface area contributed by atoms with Gasteiger partial charge < -0.3 is 55.6 Å². The van der Waals surface area contributed by atoms with Gasteiger partial charge in [0.2, 0.25) is 5.95 Å². The number of aromatic nitrogens is 4. The van der Waals surface area contributed by atoms with Gasteiger partial charge in [-0.2, -0.15) is 9.29 Å². The zero-order valence-corrected chi connectivity index (χ0v) is 21.1. The second-order valence-corrected chi connectivity index (χ2v) is 11.4. The van der Waals surface area contributed by atoms with Gasteiger partial charge in [0.1, 0.15) is 42.7 Å². The van der Waals surface area contributed by atoms with Crippen molar-refractivity contribution in [2.45, 2.75) is 55.2 Å². The molecule has 0 radical (unpaired) electrons. The number of H-pyrrole nitrogens is 1. The number of phosphoric acid groups is 2. The Morgan fingerprint density at radius 3 is 2.33 bits per heavy atom. The minimum absolute atomic E-state index is 0.114. The molecular weight excluding hydrogens is 580 g/mol. The Balaban J connectivity index is 1.39. The standard InChI is InChI=1S/C16H25N5O16P2/c17-16-19-12-6(13(28)20-16)18-3-21(12)14-10(26)8(24)5(34-14)2-33-38(29,30)37-39(31,32)36-15-11(27)9(25)7(23)4(1-22)35-15/h3-5,7-11,14-15,22-27H,1-2H2,(H,29,30)(H,31,32)(H3,17,19,20,28)/t4-,5+,7+,8+,9-,10+,11-,14+,15+/m0/s1. The van der Waals surface area contributed by atoms with E-state index in [4.69, 9.17) is 20.3 Å². The van der Waals surface area contributed by atoms with Crippen LogP contribution in [0.1, 0.15) is 6.23 Å². The van der Waals surface area contributed by atoms with E-state index in [0.29, 0.717) is 0 Å². The fourth-order valence-corrected chi connectivity index (χ4v) is 6.01. The van der Waals surface area contributed by atoms with E-state index in [9.17, 15) is 49.2 Å². The predicted molar refractivity (Wildman–Crippen MR) is 120 cm³/mol. The lowest BCUT2D eigenvalue weighted by molar-refractivity contribution is -0.280. The van der Waals surface area contributed by atoms with Crippen molar-refractivity contribution >= 4 is 32.8 Å². The second kappa shape index (κ2) is 11.2. The van der Waals surface area contributed by atoms with Gasteiger partial charge in [-0.25, -0.2) is 14.1 Å². The lowest BCUT2D eigenvalue weighted by Gasteiger charge is -2.39. The molecule has 2 aliphatic rings. The van der Waals surface area contributed by atoms with Crippen molar-refractivity contribution in [2.24, 2.45) is 0 Å². The number of nitrogen functional groups attached to an aromatic ring is 1. The van der Waals surface area contributed by atoms with Crippen LogP contribution in [-0.2, 0) is 32.0 Å². The van der Waals surface area contributed by atoms with Crippen LogP contribution in [0.15, 0.2) is 11.1 Å². The number of fused-ring (bicyclic) bond motifs is 1. The fraction of sp³-hybridized carbons (Fsp3) is 0.688. The maximum atomic E-state index is 12.3. The molecule has 0 saturated carbocycles. The Morgan fingerprint density at radius 2 is 1.67 bits per heavy atom. The van der Waals surface area contributed by atoms with Crippen LogP contribution in [0, 0.1) is 0 Å². The van der Waals surface area contributed by atoms with Gasteiger partial charge in [-0.15, -0.1) is 0 Å². The summed E-state index contributed by atoms with van der Waals surface area (Å²) in [5.74, 6) is -0.278. The number of hydrogen-bond donors (Lipinski definition) is 10. The molecule has 0 amide bonds. The molecule has 4 rings (SSSR count). The van der Waals surface area contributed by atoms with Gasteiger partial charge in [-0.05, 0) is 0 Å². The lowest BCUT2D eigenvalue weighted by atomic mass is 10.00. The number of aromatic amines is 1. The largest absolute Gasteiger partial charge is 0.483 e. The Bertz CT molecular complexity index is 1340. The van der Waals surface area contributed by atoms with Crippen molar-refractivity contribution in [1.82, 2.24) is 19.5 Å². The van der Waals surface area contributed by atoms with Crippen LogP contribution in [0.4, 0.5) is 5.95 Å². The molecule has 21 nitrogen and oxygen atoms in total. The molecule has 220 valence electrons. The van der Waals surface area contributed by atoms with E-state index >= 15 is 0 Å². The van der Waals surface area contributed by atoms with Gasteiger partial charge in [0.05, 0.1) is 19.5 Å². The average molecular weight is 605 g/mol. The number of nitrogens with one attached hydrogen (secondary N) is 1. The first-order chi connectivity index (χ1) is 18.1. The first-order valence-electron chi connectivity index (χ1n) is 10.9. The number of aliphatic hydroxyl groups excluding tert-OH is 6. The summed E-state index contributed by atoms with van der Waals surface area (Å²) in [6.45, 7) is -1.89. The van der Waals surface area contributed by atoms with Crippen LogP contribution in [-0.4, -0.2) is 122 Å². The topological polar surface area (TPSA) is 332 Å². The molecule has 2 aromatic rings. The van der Waals surface area contributed by atoms with Crippen molar-refractivity contribution in [3.05, 3.63) is 16.7 Å². The van der Waals surface area contributed by atoms with Gasteiger partial charge in [-0.3, -0.25) is 23.4 Å². The van der Waals surface area contributed by atoms with E-state index in [1.807, 2.05) is 0 Å². The van der Waals surface area contributed by atoms with Gasteiger partial charge in [0.25, 0.3) is 5.56 Å². The van der Waals surface area contributed by atoms with E-state index in [1.54, 1.807) is 0 Å². The van der Waals surface area contributed by atoms with Crippen molar-refractivity contribution in [3.63, 3.8) is 0 Å². The Kier molecular flexibility index (Phi) is 8.60. The molecule has 2 aliphatic heterocycles. The number of anilines is 1. The second-order valence-electron chi connectivity index (χ2n) is 8.44. The lowest BCUT2D eigenvalue weighted by Crippen LogP contribution is -2.58. The number of nitrogens with zero attached hydrogens (tertiary/aromatic N) is 3. The quantitative estimate of drug-likeness (QED) is 0.120. The van der Waals surface area contributed by atoms with E-state index in [2.05, 4.69) is 28.3 Å². The Hall–Kier alpha value is -1.91. The molecule has 2 aromatic heterocycles. The molecule has 0 spiro atoms. The average Bonchev–Trinajstić information content (AvgIpc) is 3.38. The third kappa shape index (κ3) is 6.22. The summed E-state index contributed by atoms with van der Waals surface area (Å²) in [6.07, 6.45) is -15.0. The highest BCUT2D eigenvalue weighted by Crippen LogP contribution is 2.61. The molecule has 4 heterocycles. The predicted octanol–water partition coefficient (Wildman–Crippen LogP) is -4.63. The molecule has 0 aliphatic carbocycles. The third-order valence-corrected chi connectivity index (χ3v) is 8.36. The number of imidazole rings is 1. The molecule has 2 unspecified atom stereocenters. The van der Waals surface area contributed by atoms with Crippen molar-refractivity contribution in [2.75, 3.05) is 18.9 Å². The first-order valence-corrected chi connectivity index (χ1v) is 13.9. The maximum absolute atomic E-state index is 12.3. The Morgan fingerprint density at radius 1 is 1.00 bits per heavy atom. The zero-order valence-electron chi connectivity index (χ0n) is 19.3. The van der Waals surface area contributed by atoms with Crippen molar-refractivity contribution in [1.29, 1.82) is 0 Å². The van der Waals surface area contributed by atoms with Crippen LogP contribution in [0.5, 0.6) is 0 Å². The van der Waals surface area contributed by atoms with E-state index in [0.717, 1.165) is 10.9 Å². The molecular formula is C16H25N5O16P2. The van der Waals surface area contributed by atoms with Crippen LogP contribution < -0.4 is 11.3 Å². The summed E-state index contributed by atoms with van der Waals surface area (Å²) in [7, 11) is -11.1. The minimum atomic E-state index is -5.60. The number of aliphatic hydroxyl groups is 6. The summed E-state index contributed by atoms with van der Waals surface area (Å²) in [5.41, 5.74) is 4.54. The van der Waals surface area contributed by atoms with Gasteiger partial charge >= 0.3 is 15.6 Å². The maximum Gasteiger partial charge on any atom is 0.483 e. The highest BCUT2D eigenvalue weighted by Gasteiger charge is 2.49. The van der Waals surface area contributed by atoms with Crippen molar-refractivity contribution in [3.8, 4) is 0 Å². The fourth-order valence-electron chi connectivity index (χ4n) is 3.85. The van der Waals surface area contributed by atoms with E-state index in [-0.39, 0.29) is 17.1 Å². The Labute approximate surface area is 216 Å². The molecule has 11 N–H and O–H groups in total. The molecule has 11 atom stereocenters. The highest BCUT2D eigenvalue weighted by molar-refractivity contribution is 7.61. The SMILES string of the molecule is Nc1nc2c(ncn2[C@@H]2O[C@H](COP(=O)(O)OP(=O)(O)O[C@H]3O[C@@H](CO)[C@@H](O)[C@H](O)[C@@H]3O)[C@@H](O)[C@H]2O)c(=O)[nH]1. The third-order valence-electron chi connectivity index (χ3n) is 5.76. The van der Waals surface area contributed by atoms with Crippen LogP contribution >= 0.6 is 15.6 Å². The monoisotopic (exact) mass is 605 g/mol.